The van der Waals surface area contributed by atoms with Crippen LogP contribution in [0, 0.1) is 13.8 Å². The summed E-state index contributed by atoms with van der Waals surface area (Å²) in [5, 5.41) is 4.61. The van der Waals surface area contributed by atoms with Gasteiger partial charge in [0.1, 0.15) is 31.1 Å². The molecule has 3 aromatic rings. The van der Waals surface area contributed by atoms with E-state index in [0.29, 0.717) is 0 Å². The van der Waals surface area contributed by atoms with Crippen molar-refractivity contribution >= 4 is 16.9 Å². The zero-order valence-corrected chi connectivity index (χ0v) is 16.0. The van der Waals surface area contributed by atoms with Crippen LogP contribution in [-0.4, -0.2) is 58.9 Å². The average molecular weight is 367 g/mol. The SMILES string of the molecule is Cc1c(C)n(-c2ccccn2)c2ncnc(NCCC[NH+]3CCOCC3)c12. The fraction of sp³-hybridized carbons (Fsp3) is 0.450. The first-order chi connectivity index (χ1) is 13.3. The summed E-state index contributed by atoms with van der Waals surface area (Å²) in [7, 11) is 0. The third kappa shape index (κ3) is 3.65. The molecule has 0 atom stereocenters. The van der Waals surface area contributed by atoms with Crippen molar-refractivity contribution in [1.82, 2.24) is 19.5 Å². The number of pyridine rings is 1. The van der Waals surface area contributed by atoms with Crippen molar-refractivity contribution in [2.75, 3.05) is 44.7 Å². The molecule has 3 aromatic heterocycles. The first-order valence-corrected chi connectivity index (χ1v) is 9.65. The van der Waals surface area contributed by atoms with Crippen molar-refractivity contribution in [2.24, 2.45) is 0 Å². The van der Waals surface area contributed by atoms with Gasteiger partial charge in [-0.2, -0.15) is 0 Å². The van der Waals surface area contributed by atoms with Gasteiger partial charge < -0.3 is 15.0 Å². The van der Waals surface area contributed by atoms with Crippen LogP contribution in [0.25, 0.3) is 16.9 Å². The minimum Gasteiger partial charge on any atom is -0.370 e. The summed E-state index contributed by atoms with van der Waals surface area (Å²) in [6.07, 6.45) is 4.56. The summed E-state index contributed by atoms with van der Waals surface area (Å²) >= 11 is 0. The van der Waals surface area contributed by atoms with Crippen LogP contribution in [0.15, 0.2) is 30.7 Å². The molecule has 1 fully saturated rings. The molecule has 4 heterocycles. The Morgan fingerprint density at radius 3 is 2.78 bits per heavy atom. The lowest BCUT2D eigenvalue weighted by atomic mass is 10.2. The van der Waals surface area contributed by atoms with Crippen molar-refractivity contribution in [3.8, 4) is 5.82 Å². The van der Waals surface area contributed by atoms with Gasteiger partial charge in [0.15, 0.2) is 5.65 Å². The maximum Gasteiger partial charge on any atom is 0.151 e. The number of morpholine rings is 1. The highest BCUT2D eigenvalue weighted by Crippen LogP contribution is 2.30. The number of hydrogen-bond donors (Lipinski definition) is 2. The number of nitrogens with one attached hydrogen (secondary N) is 2. The molecule has 0 bridgehead atoms. The van der Waals surface area contributed by atoms with E-state index in [0.717, 1.165) is 74.2 Å². The highest BCUT2D eigenvalue weighted by molar-refractivity contribution is 5.92. The van der Waals surface area contributed by atoms with E-state index < -0.39 is 0 Å². The topological polar surface area (TPSA) is 69.3 Å². The van der Waals surface area contributed by atoms with Gasteiger partial charge in [-0.1, -0.05) is 6.07 Å². The van der Waals surface area contributed by atoms with Crippen LogP contribution in [0.3, 0.4) is 0 Å². The van der Waals surface area contributed by atoms with Crippen LogP contribution < -0.4 is 10.2 Å². The minimum absolute atomic E-state index is 0.883. The molecule has 0 aromatic carbocycles. The molecule has 142 valence electrons. The van der Waals surface area contributed by atoms with Gasteiger partial charge in [-0.15, -0.1) is 0 Å². The molecule has 0 saturated carbocycles. The van der Waals surface area contributed by atoms with E-state index in [1.54, 1.807) is 11.2 Å². The lowest BCUT2D eigenvalue weighted by Crippen LogP contribution is -3.14. The molecule has 7 nitrogen and oxygen atoms in total. The molecule has 0 aliphatic carbocycles. The van der Waals surface area contributed by atoms with Crippen LogP contribution in [0.5, 0.6) is 0 Å². The van der Waals surface area contributed by atoms with Crippen LogP contribution in [0.2, 0.25) is 0 Å². The maximum absolute atomic E-state index is 5.43. The number of aryl methyl sites for hydroxylation is 1. The van der Waals surface area contributed by atoms with E-state index in [9.17, 15) is 0 Å². The number of fused-ring (bicyclic) bond motifs is 1. The lowest BCUT2D eigenvalue weighted by Gasteiger charge is -2.23. The highest BCUT2D eigenvalue weighted by Gasteiger charge is 2.18. The molecule has 7 heteroatoms. The number of nitrogens with zero attached hydrogens (tertiary/aromatic N) is 4. The Morgan fingerprint density at radius 2 is 2.00 bits per heavy atom. The molecule has 1 saturated heterocycles. The van der Waals surface area contributed by atoms with Gasteiger partial charge in [0.25, 0.3) is 0 Å². The monoisotopic (exact) mass is 367 g/mol. The first kappa shape index (κ1) is 17.9. The Balaban J connectivity index is 1.53. The molecule has 1 aliphatic rings. The summed E-state index contributed by atoms with van der Waals surface area (Å²) in [4.78, 5) is 15.2. The normalized spacial score (nSPS) is 15.3. The van der Waals surface area contributed by atoms with Crippen molar-refractivity contribution < 1.29 is 9.64 Å². The Bertz CT molecular complexity index is 902. The minimum atomic E-state index is 0.883. The Kier molecular flexibility index (Phi) is 5.31. The second-order valence-corrected chi connectivity index (χ2v) is 7.05. The van der Waals surface area contributed by atoms with E-state index in [1.807, 2.05) is 24.4 Å². The van der Waals surface area contributed by atoms with Crippen LogP contribution in [-0.2, 0) is 4.74 Å². The molecule has 0 spiro atoms. The first-order valence-electron chi connectivity index (χ1n) is 9.65. The Labute approximate surface area is 159 Å². The van der Waals surface area contributed by atoms with Gasteiger partial charge in [-0.05, 0) is 31.5 Å². The van der Waals surface area contributed by atoms with Gasteiger partial charge in [-0.3, -0.25) is 4.57 Å². The van der Waals surface area contributed by atoms with E-state index in [2.05, 4.69) is 38.7 Å². The third-order valence-electron chi connectivity index (χ3n) is 5.37. The number of quaternary nitrogens is 1. The number of aromatic nitrogens is 4. The number of rotatable bonds is 6. The summed E-state index contributed by atoms with van der Waals surface area (Å²) in [6, 6.07) is 5.93. The third-order valence-corrected chi connectivity index (χ3v) is 5.37. The van der Waals surface area contributed by atoms with Crippen molar-refractivity contribution in [2.45, 2.75) is 20.3 Å². The number of hydrogen-bond acceptors (Lipinski definition) is 5. The molecule has 0 unspecified atom stereocenters. The molecule has 27 heavy (non-hydrogen) atoms. The van der Waals surface area contributed by atoms with Crippen molar-refractivity contribution in [3.05, 3.63) is 42.0 Å². The molecule has 0 amide bonds. The second-order valence-electron chi connectivity index (χ2n) is 7.05. The predicted octanol–water partition coefficient (Wildman–Crippen LogP) is 1.15. The lowest BCUT2D eigenvalue weighted by molar-refractivity contribution is -0.908. The van der Waals surface area contributed by atoms with Crippen molar-refractivity contribution in [1.29, 1.82) is 0 Å². The van der Waals surface area contributed by atoms with Crippen LogP contribution >= 0.6 is 0 Å². The molecular weight excluding hydrogens is 340 g/mol. The molecular formula is C20H27N6O+. The Morgan fingerprint density at radius 1 is 1.15 bits per heavy atom. The van der Waals surface area contributed by atoms with Gasteiger partial charge in [0, 0.05) is 24.9 Å². The molecule has 2 N–H and O–H groups in total. The number of ether oxygens (including phenoxy) is 1. The van der Waals surface area contributed by atoms with Crippen molar-refractivity contribution in [3.63, 3.8) is 0 Å². The zero-order valence-electron chi connectivity index (χ0n) is 16.0. The number of anilines is 1. The van der Waals surface area contributed by atoms with Gasteiger partial charge in [0.2, 0.25) is 0 Å². The average Bonchev–Trinajstić information content (AvgIpc) is 2.98. The summed E-state index contributed by atoms with van der Waals surface area (Å²) < 4.78 is 7.53. The molecule has 0 radical (unpaired) electrons. The fourth-order valence-electron chi connectivity index (χ4n) is 3.75. The largest absolute Gasteiger partial charge is 0.370 e. The van der Waals surface area contributed by atoms with Crippen LogP contribution in [0.4, 0.5) is 5.82 Å². The quantitative estimate of drug-likeness (QED) is 0.640. The van der Waals surface area contributed by atoms with E-state index in [-0.39, 0.29) is 0 Å². The van der Waals surface area contributed by atoms with E-state index in [1.165, 1.54) is 5.56 Å². The zero-order chi connectivity index (χ0) is 18.6. The summed E-state index contributed by atoms with van der Waals surface area (Å²) in [5.41, 5.74) is 3.24. The second kappa shape index (κ2) is 8.02. The van der Waals surface area contributed by atoms with E-state index >= 15 is 0 Å². The molecule has 4 rings (SSSR count). The maximum atomic E-state index is 5.43. The fourth-order valence-corrected chi connectivity index (χ4v) is 3.75. The highest BCUT2D eigenvalue weighted by atomic mass is 16.5. The smallest absolute Gasteiger partial charge is 0.151 e. The molecule has 1 aliphatic heterocycles. The Hall–Kier alpha value is -2.51. The predicted molar refractivity (Wildman–Crippen MR) is 106 cm³/mol. The van der Waals surface area contributed by atoms with Gasteiger partial charge in [0.05, 0.1) is 25.1 Å². The summed E-state index contributed by atoms with van der Waals surface area (Å²) in [6.45, 7) is 10.3. The summed E-state index contributed by atoms with van der Waals surface area (Å²) in [5.74, 6) is 1.79. The van der Waals surface area contributed by atoms with Gasteiger partial charge >= 0.3 is 0 Å². The van der Waals surface area contributed by atoms with E-state index in [4.69, 9.17) is 4.74 Å². The van der Waals surface area contributed by atoms with Crippen LogP contribution in [0.1, 0.15) is 17.7 Å². The van der Waals surface area contributed by atoms with Gasteiger partial charge in [-0.25, -0.2) is 15.0 Å². The standard InChI is InChI=1S/C20H26N6O/c1-15-16(2)26(17-6-3-4-7-21-17)20-18(15)19(23-14-24-20)22-8-5-9-25-10-12-27-13-11-25/h3-4,6-7,14H,5,8-13H2,1-2H3,(H,22,23,24)/p+1.